The molecule has 90 valence electrons. The van der Waals surface area contributed by atoms with E-state index in [1.54, 1.807) is 11.1 Å². The third-order valence-electron chi connectivity index (χ3n) is 2.67. The van der Waals surface area contributed by atoms with Gasteiger partial charge in [0.2, 0.25) is 5.91 Å². The van der Waals surface area contributed by atoms with Crippen molar-refractivity contribution < 1.29 is 4.79 Å². The van der Waals surface area contributed by atoms with Gasteiger partial charge in [-0.25, -0.2) is 0 Å². The Hall–Kier alpha value is -1.83. The zero-order valence-corrected chi connectivity index (χ0v) is 10.5. The van der Waals surface area contributed by atoms with Gasteiger partial charge >= 0.3 is 0 Å². The summed E-state index contributed by atoms with van der Waals surface area (Å²) in [6, 6.07) is 10.1. The number of carbonyl (C=O) groups excluding carboxylic acids is 1. The zero-order valence-electron chi connectivity index (χ0n) is 10.5. The molecule has 0 aliphatic rings. The van der Waals surface area contributed by atoms with Gasteiger partial charge in [-0.05, 0) is 24.3 Å². The number of hydrogen-bond donors (Lipinski definition) is 0. The Labute approximate surface area is 103 Å². The smallest absolute Gasteiger partial charge is 0.226 e. The van der Waals surface area contributed by atoms with Crippen molar-refractivity contribution in [2.24, 2.45) is 0 Å². The second-order valence-corrected chi connectivity index (χ2v) is 3.84. The molecule has 0 atom stereocenters. The summed E-state index contributed by atoms with van der Waals surface area (Å²) in [5.74, 6) is 0.0945. The van der Waals surface area contributed by atoms with Crippen LogP contribution in [0.25, 0.3) is 5.57 Å². The molecule has 0 fully saturated rings. The molecule has 0 unspecified atom stereocenters. The van der Waals surface area contributed by atoms with Gasteiger partial charge in [-0.3, -0.25) is 4.79 Å². The number of nitrogens with zero attached hydrogens (tertiary/aromatic N) is 1. The molecule has 0 aliphatic carbocycles. The quantitative estimate of drug-likeness (QED) is 0.757. The molecule has 0 saturated heterocycles. The minimum Gasteiger partial charge on any atom is -0.316 e. The molecule has 1 amide bonds. The SMILES string of the molecule is C=CN(C/C=C(/C)c1ccccc1)C(=O)CC. The van der Waals surface area contributed by atoms with Gasteiger partial charge in [0.15, 0.2) is 0 Å². The number of carbonyl (C=O) groups is 1. The van der Waals surface area contributed by atoms with Crippen molar-refractivity contribution in [2.75, 3.05) is 6.54 Å². The fourth-order valence-electron chi connectivity index (χ4n) is 1.54. The van der Waals surface area contributed by atoms with Crippen LogP contribution in [0.5, 0.6) is 0 Å². The first-order valence-electron chi connectivity index (χ1n) is 5.83. The highest BCUT2D eigenvalue weighted by atomic mass is 16.2. The third-order valence-corrected chi connectivity index (χ3v) is 2.67. The van der Waals surface area contributed by atoms with E-state index in [-0.39, 0.29) is 5.91 Å². The van der Waals surface area contributed by atoms with Crippen LogP contribution in [-0.4, -0.2) is 17.4 Å². The highest BCUT2D eigenvalue weighted by Gasteiger charge is 2.05. The molecular weight excluding hydrogens is 210 g/mol. The van der Waals surface area contributed by atoms with E-state index in [2.05, 4.69) is 18.7 Å². The summed E-state index contributed by atoms with van der Waals surface area (Å²) in [7, 11) is 0. The maximum Gasteiger partial charge on any atom is 0.226 e. The molecule has 0 radical (unpaired) electrons. The molecule has 2 heteroatoms. The lowest BCUT2D eigenvalue weighted by Crippen LogP contribution is -2.24. The van der Waals surface area contributed by atoms with Crippen molar-refractivity contribution in [3.05, 3.63) is 54.8 Å². The Morgan fingerprint density at radius 1 is 1.35 bits per heavy atom. The monoisotopic (exact) mass is 229 g/mol. The first-order chi connectivity index (χ1) is 8.19. The van der Waals surface area contributed by atoms with Crippen LogP contribution in [0.4, 0.5) is 0 Å². The molecule has 2 nitrogen and oxygen atoms in total. The van der Waals surface area contributed by atoms with Gasteiger partial charge in [0.05, 0.1) is 0 Å². The zero-order chi connectivity index (χ0) is 12.7. The molecule has 0 spiro atoms. The third kappa shape index (κ3) is 3.91. The molecule has 0 N–H and O–H groups in total. The maximum absolute atomic E-state index is 11.5. The highest BCUT2D eigenvalue weighted by molar-refractivity contribution is 5.77. The second kappa shape index (κ2) is 6.69. The van der Waals surface area contributed by atoms with Crippen molar-refractivity contribution in [3.8, 4) is 0 Å². The standard InChI is InChI=1S/C15H19NO/c1-4-15(17)16(5-2)12-11-13(3)14-9-7-6-8-10-14/h5-11H,2,4,12H2,1,3H3/b13-11-. The Kier molecular flexibility index (Phi) is 5.21. The van der Waals surface area contributed by atoms with E-state index in [0.29, 0.717) is 13.0 Å². The van der Waals surface area contributed by atoms with Crippen LogP contribution in [0.1, 0.15) is 25.8 Å². The summed E-state index contributed by atoms with van der Waals surface area (Å²) in [6.07, 6.45) is 4.13. The lowest BCUT2D eigenvalue weighted by Gasteiger charge is -2.15. The van der Waals surface area contributed by atoms with Gasteiger partial charge < -0.3 is 4.90 Å². The summed E-state index contributed by atoms with van der Waals surface area (Å²) in [5, 5.41) is 0. The van der Waals surface area contributed by atoms with Gasteiger partial charge in [0, 0.05) is 13.0 Å². The van der Waals surface area contributed by atoms with Gasteiger partial charge in [-0.2, -0.15) is 0 Å². The Balaban J connectivity index is 2.70. The van der Waals surface area contributed by atoms with E-state index >= 15 is 0 Å². The van der Waals surface area contributed by atoms with E-state index in [9.17, 15) is 4.79 Å². The van der Waals surface area contributed by atoms with Crippen LogP contribution in [0.3, 0.4) is 0 Å². The minimum absolute atomic E-state index is 0.0945. The van der Waals surface area contributed by atoms with Crippen molar-refractivity contribution >= 4 is 11.5 Å². The molecule has 0 bridgehead atoms. The molecule has 1 rings (SSSR count). The summed E-state index contributed by atoms with van der Waals surface area (Å²) >= 11 is 0. The molecule has 1 aromatic rings. The van der Waals surface area contributed by atoms with E-state index in [1.165, 1.54) is 11.1 Å². The van der Waals surface area contributed by atoms with Gasteiger partial charge in [-0.1, -0.05) is 49.9 Å². The van der Waals surface area contributed by atoms with Crippen LogP contribution in [0.15, 0.2) is 49.2 Å². The number of allylic oxidation sites excluding steroid dienone is 1. The fraction of sp³-hybridized carbons (Fsp3) is 0.267. The topological polar surface area (TPSA) is 20.3 Å². The van der Waals surface area contributed by atoms with Crippen LogP contribution in [0, 0.1) is 0 Å². The van der Waals surface area contributed by atoms with E-state index in [4.69, 9.17) is 0 Å². The van der Waals surface area contributed by atoms with Crippen molar-refractivity contribution in [1.82, 2.24) is 4.90 Å². The number of amides is 1. The average Bonchev–Trinajstić information content (AvgIpc) is 2.39. The van der Waals surface area contributed by atoms with E-state index in [0.717, 1.165) is 0 Å². The largest absolute Gasteiger partial charge is 0.316 e. The first kappa shape index (κ1) is 13.2. The van der Waals surface area contributed by atoms with Crippen LogP contribution >= 0.6 is 0 Å². The van der Waals surface area contributed by atoms with E-state index in [1.807, 2.05) is 38.1 Å². The predicted molar refractivity (Wildman–Crippen MR) is 72.3 cm³/mol. The van der Waals surface area contributed by atoms with Crippen LogP contribution < -0.4 is 0 Å². The maximum atomic E-state index is 11.5. The minimum atomic E-state index is 0.0945. The van der Waals surface area contributed by atoms with Crippen molar-refractivity contribution in [1.29, 1.82) is 0 Å². The van der Waals surface area contributed by atoms with Crippen LogP contribution in [-0.2, 0) is 4.79 Å². The van der Waals surface area contributed by atoms with Gasteiger partial charge in [-0.15, -0.1) is 0 Å². The van der Waals surface area contributed by atoms with Crippen molar-refractivity contribution in [2.45, 2.75) is 20.3 Å². The summed E-state index contributed by atoms with van der Waals surface area (Å²) in [5.41, 5.74) is 2.35. The van der Waals surface area contributed by atoms with Gasteiger partial charge in [0.25, 0.3) is 0 Å². The second-order valence-electron chi connectivity index (χ2n) is 3.84. The Bertz CT molecular complexity index is 406. The number of benzene rings is 1. The average molecular weight is 229 g/mol. The molecular formula is C15H19NO. The predicted octanol–water partition coefficient (Wildman–Crippen LogP) is 3.47. The molecule has 0 saturated carbocycles. The lowest BCUT2D eigenvalue weighted by atomic mass is 10.1. The first-order valence-corrected chi connectivity index (χ1v) is 5.83. The van der Waals surface area contributed by atoms with Crippen molar-refractivity contribution in [3.63, 3.8) is 0 Å². The molecule has 0 heterocycles. The molecule has 0 aromatic heterocycles. The normalized spacial score (nSPS) is 11.1. The number of rotatable bonds is 5. The Morgan fingerprint density at radius 2 is 2.00 bits per heavy atom. The van der Waals surface area contributed by atoms with E-state index < -0.39 is 0 Å². The summed E-state index contributed by atoms with van der Waals surface area (Å²) in [6.45, 7) is 8.14. The lowest BCUT2D eigenvalue weighted by molar-refractivity contribution is -0.127. The molecule has 1 aromatic carbocycles. The van der Waals surface area contributed by atoms with Gasteiger partial charge in [0.1, 0.15) is 0 Å². The highest BCUT2D eigenvalue weighted by Crippen LogP contribution is 2.12. The number of hydrogen-bond acceptors (Lipinski definition) is 1. The molecule has 0 aliphatic heterocycles. The summed E-state index contributed by atoms with van der Waals surface area (Å²) < 4.78 is 0. The van der Waals surface area contributed by atoms with Crippen LogP contribution in [0.2, 0.25) is 0 Å². The fourth-order valence-corrected chi connectivity index (χ4v) is 1.54. The summed E-state index contributed by atoms with van der Waals surface area (Å²) in [4.78, 5) is 13.1. The Morgan fingerprint density at radius 3 is 2.53 bits per heavy atom. The molecule has 17 heavy (non-hydrogen) atoms.